The summed E-state index contributed by atoms with van der Waals surface area (Å²) in [6.45, 7) is 0. The molecule has 1 aliphatic carbocycles. The molecule has 1 saturated carbocycles. The highest BCUT2D eigenvalue weighted by Gasteiger charge is 2.20. The van der Waals surface area contributed by atoms with Crippen molar-refractivity contribution in [2.75, 3.05) is 5.32 Å². The SMILES string of the molecule is O=C(NN=Cc1cccc(Oc2ccccc2)c1)C(=O)Nc1ccccc1C(=O)NC1CCCCC1. The molecule has 3 amide bonds. The molecule has 8 nitrogen and oxygen atoms in total. The van der Waals surface area contributed by atoms with Crippen LogP contribution in [-0.2, 0) is 9.59 Å². The van der Waals surface area contributed by atoms with Gasteiger partial charge in [0.2, 0.25) is 0 Å². The average Bonchev–Trinajstić information content (AvgIpc) is 2.90. The van der Waals surface area contributed by atoms with Gasteiger partial charge in [-0.1, -0.05) is 61.7 Å². The molecule has 1 aliphatic rings. The summed E-state index contributed by atoms with van der Waals surface area (Å²) in [5.41, 5.74) is 3.46. The minimum atomic E-state index is -0.953. The molecule has 0 aromatic heterocycles. The fourth-order valence-electron chi connectivity index (χ4n) is 3.98. The van der Waals surface area contributed by atoms with Gasteiger partial charge in [-0.05, 0) is 54.8 Å². The molecule has 0 aliphatic heterocycles. The van der Waals surface area contributed by atoms with Crippen LogP contribution in [0.4, 0.5) is 5.69 Å². The Morgan fingerprint density at radius 2 is 1.53 bits per heavy atom. The quantitative estimate of drug-likeness (QED) is 0.258. The van der Waals surface area contributed by atoms with E-state index in [-0.39, 0.29) is 17.6 Å². The Labute approximate surface area is 209 Å². The maximum absolute atomic E-state index is 12.8. The lowest BCUT2D eigenvalue weighted by Gasteiger charge is -2.23. The highest BCUT2D eigenvalue weighted by molar-refractivity contribution is 6.40. The average molecular weight is 485 g/mol. The zero-order valence-corrected chi connectivity index (χ0v) is 19.8. The van der Waals surface area contributed by atoms with Crippen LogP contribution in [0.2, 0.25) is 0 Å². The van der Waals surface area contributed by atoms with Crippen LogP contribution in [0.25, 0.3) is 0 Å². The maximum Gasteiger partial charge on any atom is 0.329 e. The van der Waals surface area contributed by atoms with E-state index in [1.54, 1.807) is 48.5 Å². The molecular formula is C28H28N4O4. The molecule has 0 spiro atoms. The number of para-hydroxylation sites is 2. The molecule has 0 saturated heterocycles. The third-order valence-corrected chi connectivity index (χ3v) is 5.78. The van der Waals surface area contributed by atoms with E-state index in [1.807, 2.05) is 30.3 Å². The first-order chi connectivity index (χ1) is 17.6. The molecule has 3 aromatic carbocycles. The standard InChI is InChI=1S/C28H28N4O4/c33-26(30-21-11-3-1-4-12-21)24-16-7-8-17-25(24)31-27(34)28(35)32-29-19-20-10-9-15-23(18-20)36-22-13-5-2-6-14-22/h2,5-10,13-19,21H,1,3-4,11-12H2,(H,30,33)(H,31,34)(H,32,35). The summed E-state index contributed by atoms with van der Waals surface area (Å²) in [5.74, 6) is -0.841. The van der Waals surface area contributed by atoms with Crippen LogP contribution in [0.15, 0.2) is 84.0 Å². The molecule has 0 atom stereocenters. The van der Waals surface area contributed by atoms with Crippen molar-refractivity contribution < 1.29 is 19.1 Å². The van der Waals surface area contributed by atoms with Crippen molar-refractivity contribution in [2.24, 2.45) is 5.10 Å². The number of nitrogens with one attached hydrogen (secondary N) is 3. The van der Waals surface area contributed by atoms with Crippen LogP contribution in [-0.4, -0.2) is 30.0 Å². The molecule has 184 valence electrons. The van der Waals surface area contributed by atoms with Gasteiger partial charge in [-0.3, -0.25) is 14.4 Å². The lowest BCUT2D eigenvalue weighted by Crippen LogP contribution is -2.37. The van der Waals surface area contributed by atoms with E-state index in [0.717, 1.165) is 25.7 Å². The number of carbonyl (C=O) groups is 3. The number of anilines is 1. The molecule has 0 radical (unpaired) electrons. The number of carbonyl (C=O) groups excluding carboxylic acids is 3. The Bertz CT molecular complexity index is 1240. The second-order valence-electron chi connectivity index (χ2n) is 8.49. The number of nitrogens with zero attached hydrogens (tertiary/aromatic N) is 1. The maximum atomic E-state index is 12.8. The van der Waals surface area contributed by atoms with Gasteiger partial charge < -0.3 is 15.4 Å². The van der Waals surface area contributed by atoms with Gasteiger partial charge in [0.1, 0.15) is 11.5 Å². The summed E-state index contributed by atoms with van der Waals surface area (Å²) in [7, 11) is 0. The Morgan fingerprint density at radius 1 is 0.806 bits per heavy atom. The number of rotatable bonds is 7. The second kappa shape index (κ2) is 12.3. The molecule has 8 heteroatoms. The first-order valence-electron chi connectivity index (χ1n) is 12.0. The Balaban J connectivity index is 1.32. The lowest BCUT2D eigenvalue weighted by atomic mass is 9.95. The van der Waals surface area contributed by atoms with Gasteiger partial charge in [0.05, 0.1) is 17.5 Å². The zero-order chi connectivity index (χ0) is 25.2. The predicted molar refractivity (Wildman–Crippen MR) is 138 cm³/mol. The molecule has 4 rings (SSSR count). The van der Waals surface area contributed by atoms with Crippen LogP contribution >= 0.6 is 0 Å². The van der Waals surface area contributed by atoms with E-state index >= 15 is 0 Å². The summed E-state index contributed by atoms with van der Waals surface area (Å²) in [4.78, 5) is 37.5. The monoisotopic (exact) mass is 484 g/mol. The number of benzene rings is 3. The van der Waals surface area contributed by atoms with Crippen molar-refractivity contribution in [1.82, 2.24) is 10.7 Å². The van der Waals surface area contributed by atoms with Crippen LogP contribution in [0.3, 0.4) is 0 Å². The third-order valence-electron chi connectivity index (χ3n) is 5.78. The second-order valence-corrected chi connectivity index (χ2v) is 8.49. The summed E-state index contributed by atoms with van der Waals surface area (Å²) >= 11 is 0. The molecule has 3 aromatic rings. The Hall–Kier alpha value is -4.46. The molecule has 0 unspecified atom stereocenters. The molecule has 1 fully saturated rings. The Morgan fingerprint density at radius 3 is 2.33 bits per heavy atom. The van der Waals surface area contributed by atoms with Crippen molar-refractivity contribution >= 4 is 29.6 Å². The first kappa shape index (κ1) is 24.7. The lowest BCUT2D eigenvalue weighted by molar-refractivity contribution is -0.136. The van der Waals surface area contributed by atoms with E-state index in [4.69, 9.17) is 4.74 Å². The first-order valence-corrected chi connectivity index (χ1v) is 12.0. The van der Waals surface area contributed by atoms with Crippen molar-refractivity contribution in [3.8, 4) is 11.5 Å². The van der Waals surface area contributed by atoms with E-state index in [1.165, 1.54) is 12.6 Å². The fourth-order valence-corrected chi connectivity index (χ4v) is 3.98. The number of amides is 3. The van der Waals surface area contributed by atoms with Gasteiger partial charge in [-0.25, -0.2) is 5.43 Å². The normalized spacial score (nSPS) is 13.7. The van der Waals surface area contributed by atoms with E-state index in [9.17, 15) is 14.4 Å². The molecule has 3 N–H and O–H groups in total. The fraction of sp³-hybridized carbons (Fsp3) is 0.214. The highest BCUT2D eigenvalue weighted by Crippen LogP contribution is 2.22. The predicted octanol–water partition coefficient (Wildman–Crippen LogP) is 4.63. The summed E-state index contributed by atoms with van der Waals surface area (Å²) in [6, 6.07) is 23.2. The van der Waals surface area contributed by atoms with Crippen LogP contribution in [0.1, 0.15) is 48.0 Å². The number of hydrogen-bond acceptors (Lipinski definition) is 5. The van der Waals surface area contributed by atoms with Gasteiger partial charge >= 0.3 is 11.8 Å². The molecule has 0 heterocycles. The van der Waals surface area contributed by atoms with Gasteiger partial charge in [-0.2, -0.15) is 5.10 Å². The van der Waals surface area contributed by atoms with E-state index < -0.39 is 11.8 Å². The van der Waals surface area contributed by atoms with Gasteiger partial charge in [0.15, 0.2) is 0 Å². The summed E-state index contributed by atoms with van der Waals surface area (Å²) < 4.78 is 5.78. The van der Waals surface area contributed by atoms with Crippen LogP contribution in [0.5, 0.6) is 11.5 Å². The largest absolute Gasteiger partial charge is 0.457 e. The Kier molecular flexibility index (Phi) is 8.43. The van der Waals surface area contributed by atoms with Gasteiger partial charge in [0.25, 0.3) is 5.91 Å². The van der Waals surface area contributed by atoms with Gasteiger partial charge in [-0.15, -0.1) is 0 Å². The van der Waals surface area contributed by atoms with E-state index in [0.29, 0.717) is 22.6 Å². The molecular weight excluding hydrogens is 456 g/mol. The van der Waals surface area contributed by atoms with Crippen molar-refractivity contribution in [3.05, 3.63) is 90.0 Å². The number of hydrogen-bond donors (Lipinski definition) is 3. The van der Waals surface area contributed by atoms with E-state index in [2.05, 4.69) is 21.2 Å². The molecule has 36 heavy (non-hydrogen) atoms. The highest BCUT2D eigenvalue weighted by atomic mass is 16.5. The summed E-state index contributed by atoms with van der Waals surface area (Å²) in [5, 5.41) is 9.40. The topological polar surface area (TPSA) is 109 Å². The van der Waals surface area contributed by atoms with Crippen LogP contribution in [0, 0.1) is 0 Å². The van der Waals surface area contributed by atoms with Crippen molar-refractivity contribution in [1.29, 1.82) is 0 Å². The molecule has 0 bridgehead atoms. The van der Waals surface area contributed by atoms with Crippen molar-refractivity contribution in [2.45, 2.75) is 38.1 Å². The van der Waals surface area contributed by atoms with Gasteiger partial charge in [0, 0.05) is 6.04 Å². The number of ether oxygens (including phenoxy) is 1. The van der Waals surface area contributed by atoms with Crippen LogP contribution < -0.4 is 20.8 Å². The smallest absolute Gasteiger partial charge is 0.329 e. The number of hydrazone groups is 1. The van der Waals surface area contributed by atoms with Crippen molar-refractivity contribution in [3.63, 3.8) is 0 Å². The zero-order valence-electron chi connectivity index (χ0n) is 19.8. The minimum absolute atomic E-state index is 0.129. The minimum Gasteiger partial charge on any atom is -0.457 e. The summed E-state index contributed by atoms with van der Waals surface area (Å²) in [6.07, 6.45) is 6.67. The third kappa shape index (κ3) is 7.02.